The van der Waals surface area contributed by atoms with Crippen LogP contribution in [0.4, 0.5) is 0 Å². The number of methoxy groups -OCH3 is 1. The van der Waals surface area contributed by atoms with E-state index in [0.29, 0.717) is 24.8 Å². The zero-order valence-electron chi connectivity index (χ0n) is 17.4. The molecule has 1 amide bonds. The van der Waals surface area contributed by atoms with Crippen LogP contribution < -0.4 is 0 Å². The van der Waals surface area contributed by atoms with Crippen LogP contribution in [-0.4, -0.2) is 34.9 Å². The summed E-state index contributed by atoms with van der Waals surface area (Å²) in [5, 5.41) is 0. The van der Waals surface area contributed by atoms with Gasteiger partial charge in [0.05, 0.1) is 13.7 Å². The predicted molar refractivity (Wildman–Crippen MR) is 103 cm³/mol. The third kappa shape index (κ3) is 6.67. The second-order valence-corrected chi connectivity index (χ2v) is 9.01. The number of hydrogen-bond acceptors (Lipinski definition) is 5. The molecule has 0 spiro atoms. The molecule has 6 heteroatoms. The number of esters is 1. The second kappa shape index (κ2) is 9.38. The minimum atomic E-state index is -0.528. The standard InChI is InChI=1S/C21H34N2O4/c1-15(12-21(2,3)4)11-19(24)23(16-9-7-6-8-10-16)13-18-22-17(14-27-18)20(25)26-5/h14-16H,6-13H2,1-5H3. The molecule has 1 aromatic heterocycles. The number of amides is 1. The smallest absolute Gasteiger partial charge is 0.360 e. The quantitative estimate of drug-likeness (QED) is 0.649. The van der Waals surface area contributed by atoms with Gasteiger partial charge in [-0.15, -0.1) is 0 Å². The van der Waals surface area contributed by atoms with Crippen molar-refractivity contribution in [2.45, 2.75) is 85.2 Å². The summed E-state index contributed by atoms with van der Waals surface area (Å²) < 4.78 is 10.1. The lowest BCUT2D eigenvalue weighted by Gasteiger charge is -2.34. The molecular weight excluding hydrogens is 344 g/mol. The van der Waals surface area contributed by atoms with Crippen LogP contribution in [0.5, 0.6) is 0 Å². The fourth-order valence-electron chi connectivity index (χ4n) is 4.07. The van der Waals surface area contributed by atoms with Crippen LogP contribution in [0.25, 0.3) is 0 Å². The number of ether oxygens (including phenoxy) is 1. The molecule has 1 saturated carbocycles. The molecule has 1 atom stereocenters. The highest BCUT2D eigenvalue weighted by atomic mass is 16.5. The van der Waals surface area contributed by atoms with E-state index >= 15 is 0 Å². The van der Waals surface area contributed by atoms with Gasteiger partial charge in [-0.25, -0.2) is 9.78 Å². The molecule has 0 radical (unpaired) electrons. The molecule has 1 fully saturated rings. The third-order valence-electron chi connectivity index (χ3n) is 5.07. The lowest BCUT2D eigenvalue weighted by Crippen LogP contribution is -2.41. The molecule has 0 aromatic carbocycles. The Morgan fingerprint density at radius 3 is 2.56 bits per heavy atom. The lowest BCUT2D eigenvalue weighted by atomic mass is 9.84. The highest BCUT2D eigenvalue weighted by Gasteiger charge is 2.29. The van der Waals surface area contributed by atoms with Gasteiger partial charge in [-0.1, -0.05) is 47.0 Å². The van der Waals surface area contributed by atoms with Crippen LogP contribution in [0, 0.1) is 11.3 Å². The Bertz CT molecular complexity index is 626. The summed E-state index contributed by atoms with van der Waals surface area (Å²) in [6.07, 6.45) is 8.38. The summed E-state index contributed by atoms with van der Waals surface area (Å²) in [5.41, 5.74) is 0.345. The second-order valence-electron chi connectivity index (χ2n) is 9.01. The van der Waals surface area contributed by atoms with Crippen molar-refractivity contribution in [3.63, 3.8) is 0 Å². The first-order valence-electron chi connectivity index (χ1n) is 10.0. The molecule has 1 aromatic rings. The van der Waals surface area contributed by atoms with Gasteiger partial charge in [0.2, 0.25) is 11.8 Å². The Hall–Kier alpha value is -1.85. The minimum absolute atomic E-state index is 0.143. The van der Waals surface area contributed by atoms with Gasteiger partial charge in [-0.2, -0.15) is 0 Å². The van der Waals surface area contributed by atoms with E-state index in [1.807, 2.05) is 4.90 Å². The zero-order chi connectivity index (χ0) is 20.0. The molecule has 6 nitrogen and oxygen atoms in total. The molecule has 0 N–H and O–H groups in total. The Balaban J connectivity index is 2.09. The van der Waals surface area contributed by atoms with E-state index in [9.17, 15) is 9.59 Å². The summed E-state index contributed by atoms with van der Waals surface area (Å²) >= 11 is 0. The first kappa shape index (κ1) is 21.5. The van der Waals surface area contributed by atoms with Gasteiger partial charge in [0.15, 0.2) is 5.69 Å². The van der Waals surface area contributed by atoms with Crippen LogP contribution in [0.2, 0.25) is 0 Å². The molecule has 1 aliphatic carbocycles. The van der Waals surface area contributed by atoms with Crippen molar-refractivity contribution in [2.75, 3.05) is 7.11 Å². The maximum atomic E-state index is 13.1. The van der Waals surface area contributed by atoms with E-state index in [2.05, 4.69) is 37.4 Å². The highest BCUT2D eigenvalue weighted by Crippen LogP contribution is 2.29. The largest absolute Gasteiger partial charge is 0.464 e. The minimum Gasteiger partial charge on any atom is -0.464 e. The maximum absolute atomic E-state index is 13.1. The Morgan fingerprint density at radius 2 is 1.96 bits per heavy atom. The predicted octanol–water partition coefficient (Wildman–Crippen LogP) is 4.58. The van der Waals surface area contributed by atoms with Crippen LogP contribution in [0.3, 0.4) is 0 Å². The fraction of sp³-hybridized carbons (Fsp3) is 0.762. The zero-order valence-corrected chi connectivity index (χ0v) is 17.4. The summed E-state index contributed by atoms with van der Waals surface area (Å²) in [6, 6.07) is 0.224. The molecule has 1 unspecified atom stereocenters. The van der Waals surface area contributed by atoms with Crippen molar-refractivity contribution in [3.05, 3.63) is 17.8 Å². The molecular formula is C21H34N2O4. The number of oxazole rings is 1. The SMILES string of the molecule is COC(=O)c1coc(CN(C(=O)CC(C)CC(C)(C)C)C2CCCCC2)n1. The molecule has 152 valence electrons. The molecule has 27 heavy (non-hydrogen) atoms. The van der Waals surface area contributed by atoms with E-state index in [1.165, 1.54) is 19.8 Å². The number of aromatic nitrogens is 1. The average Bonchev–Trinajstić information content (AvgIpc) is 3.06. The monoisotopic (exact) mass is 378 g/mol. The molecule has 1 aliphatic rings. The van der Waals surface area contributed by atoms with Crippen LogP contribution in [-0.2, 0) is 16.1 Å². The van der Waals surface area contributed by atoms with Gasteiger partial charge in [-0.05, 0) is 30.6 Å². The van der Waals surface area contributed by atoms with Gasteiger partial charge in [-0.3, -0.25) is 4.79 Å². The Kier molecular flexibility index (Phi) is 7.45. The number of carbonyl (C=O) groups is 2. The van der Waals surface area contributed by atoms with E-state index in [0.717, 1.165) is 32.1 Å². The average molecular weight is 379 g/mol. The molecule has 1 heterocycles. The van der Waals surface area contributed by atoms with Gasteiger partial charge in [0, 0.05) is 12.5 Å². The topological polar surface area (TPSA) is 72.6 Å². The van der Waals surface area contributed by atoms with Crippen molar-refractivity contribution in [3.8, 4) is 0 Å². The number of nitrogens with zero attached hydrogens (tertiary/aromatic N) is 2. The first-order chi connectivity index (χ1) is 12.7. The number of carbonyl (C=O) groups excluding carboxylic acids is 2. The molecule has 0 aliphatic heterocycles. The molecule has 2 rings (SSSR count). The van der Waals surface area contributed by atoms with E-state index < -0.39 is 5.97 Å². The summed E-state index contributed by atoms with van der Waals surface area (Å²) in [7, 11) is 1.31. The lowest BCUT2D eigenvalue weighted by molar-refractivity contribution is -0.136. The third-order valence-corrected chi connectivity index (χ3v) is 5.07. The van der Waals surface area contributed by atoms with Crippen molar-refractivity contribution in [1.82, 2.24) is 9.88 Å². The number of rotatable bonds is 7. The van der Waals surface area contributed by atoms with Crippen LogP contribution >= 0.6 is 0 Å². The van der Waals surface area contributed by atoms with Gasteiger partial charge < -0.3 is 14.1 Å². The van der Waals surface area contributed by atoms with Crippen LogP contribution in [0.1, 0.15) is 89.0 Å². The van der Waals surface area contributed by atoms with E-state index in [-0.39, 0.29) is 23.1 Å². The summed E-state index contributed by atoms with van der Waals surface area (Å²) in [4.78, 5) is 30.8. The fourth-order valence-corrected chi connectivity index (χ4v) is 4.07. The van der Waals surface area contributed by atoms with Crippen molar-refractivity contribution in [1.29, 1.82) is 0 Å². The van der Waals surface area contributed by atoms with Crippen LogP contribution in [0.15, 0.2) is 10.7 Å². The van der Waals surface area contributed by atoms with E-state index in [1.54, 1.807) is 0 Å². The maximum Gasteiger partial charge on any atom is 0.360 e. The van der Waals surface area contributed by atoms with Crippen molar-refractivity contribution in [2.24, 2.45) is 11.3 Å². The van der Waals surface area contributed by atoms with Gasteiger partial charge in [0.25, 0.3) is 0 Å². The highest BCUT2D eigenvalue weighted by molar-refractivity contribution is 5.86. The van der Waals surface area contributed by atoms with Gasteiger partial charge >= 0.3 is 5.97 Å². The summed E-state index contributed by atoms with van der Waals surface area (Å²) in [6.45, 7) is 9.06. The molecule has 0 saturated heterocycles. The summed E-state index contributed by atoms with van der Waals surface area (Å²) in [5.74, 6) is 0.326. The Labute approximate surface area is 162 Å². The van der Waals surface area contributed by atoms with Crippen molar-refractivity contribution >= 4 is 11.9 Å². The number of hydrogen-bond donors (Lipinski definition) is 0. The molecule has 0 bridgehead atoms. The Morgan fingerprint density at radius 1 is 1.30 bits per heavy atom. The normalized spacial score (nSPS) is 16.8. The van der Waals surface area contributed by atoms with Crippen molar-refractivity contribution < 1.29 is 18.7 Å². The van der Waals surface area contributed by atoms with Gasteiger partial charge in [0.1, 0.15) is 6.26 Å². The van der Waals surface area contributed by atoms with E-state index in [4.69, 9.17) is 4.42 Å². The first-order valence-corrected chi connectivity index (χ1v) is 10.0.